The Morgan fingerprint density at radius 3 is 2.81 bits per heavy atom. The number of aliphatic imine (C=N–C) groups is 1. The van der Waals surface area contributed by atoms with Gasteiger partial charge in [0.05, 0.1) is 11.3 Å². The third-order valence-corrected chi connectivity index (χ3v) is 3.61. The van der Waals surface area contributed by atoms with Crippen LogP contribution in [-0.2, 0) is 7.05 Å². The van der Waals surface area contributed by atoms with Gasteiger partial charge in [0.25, 0.3) is 5.56 Å². The third-order valence-electron chi connectivity index (χ3n) is 3.12. The summed E-state index contributed by atoms with van der Waals surface area (Å²) in [6, 6.07) is 9.20. The molecule has 0 bridgehead atoms. The van der Waals surface area contributed by atoms with E-state index in [9.17, 15) is 9.90 Å². The normalized spacial score (nSPS) is 10.8. The van der Waals surface area contributed by atoms with Crippen molar-refractivity contribution >= 4 is 27.8 Å². The van der Waals surface area contributed by atoms with Crippen molar-refractivity contribution in [1.82, 2.24) is 4.57 Å². The highest BCUT2D eigenvalue weighted by Crippen LogP contribution is 2.22. The maximum atomic E-state index is 11.8. The van der Waals surface area contributed by atoms with E-state index in [1.165, 1.54) is 13.3 Å². The topological polar surface area (TPSA) is 78.4 Å². The first-order valence-electron chi connectivity index (χ1n) is 6.08. The van der Waals surface area contributed by atoms with Crippen molar-refractivity contribution in [3.05, 3.63) is 55.8 Å². The Labute approximate surface area is 129 Å². The fourth-order valence-electron chi connectivity index (χ4n) is 1.89. The quantitative estimate of drug-likeness (QED) is 0.850. The number of benzene rings is 1. The minimum Gasteiger partial charge on any atom is -0.494 e. The van der Waals surface area contributed by atoms with Gasteiger partial charge in [-0.25, -0.2) is 0 Å². The van der Waals surface area contributed by atoms with Crippen molar-refractivity contribution in [2.24, 2.45) is 12.0 Å². The van der Waals surface area contributed by atoms with Crippen LogP contribution in [0.4, 0.5) is 5.69 Å². The first-order valence-corrected chi connectivity index (χ1v) is 6.87. The number of rotatable bonds is 2. The van der Waals surface area contributed by atoms with Crippen molar-refractivity contribution in [3.8, 4) is 11.9 Å². The SMILES string of the molecule is Cc1c(C=Nc2cccc(Br)c2)c(O)n(C)c(=O)c1C#N. The van der Waals surface area contributed by atoms with E-state index in [0.29, 0.717) is 16.8 Å². The first kappa shape index (κ1) is 15.0. The lowest BCUT2D eigenvalue weighted by Gasteiger charge is -2.09. The van der Waals surface area contributed by atoms with E-state index in [4.69, 9.17) is 5.26 Å². The van der Waals surface area contributed by atoms with Crippen LogP contribution < -0.4 is 5.56 Å². The molecule has 1 aromatic heterocycles. The Morgan fingerprint density at radius 2 is 2.19 bits per heavy atom. The Bertz CT molecular complexity index is 832. The summed E-state index contributed by atoms with van der Waals surface area (Å²) in [6.07, 6.45) is 1.45. The lowest BCUT2D eigenvalue weighted by Crippen LogP contribution is -2.22. The van der Waals surface area contributed by atoms with Gasteiger partial charge in [0.2, 0.25) is 5.88 Å². The van der Waals surface area contributed by atoms with Gasteiger partial charge in [-0.1, -0.05) is 22.0 Å². The van der Waals surface area contributed by atoms with E-state index in [1.54, 1.807) is 13.0 Å². The number of aromatic nitrogens is 1. The molecule has 1 heterocycles. The standard InChI is InChI=1S/C15H12BrN3O2/c1-9-12(7-17)14(20)19(2)15(21)13(9)8-18-11-5-3-4-10(16)6-11/h3-6,8,21H,1-2H3. The van der Waals surface area contributed by atoms with Crippen LogP contribution in [0, 0.1) is 18.3 Å². The van der Waals surface area contributed by atoms with Crippen LogP contribution in [0.15, 0.2) is 38.5 Å². The van der Waals surface area contributed by atoms with Gasteiger partial charge in [-0.3, -0.25) is 14.4 Å². The van der Waals surface area contributed by atoms with Crippen molar-refractivity contribution in [3.63, 3.8) is 0 Å². The lowest BCUT2D eigenvalue weighted by molar-refractivity contribution is 0.421. The highest BCUT2D eigenvalue weighted by atomic mass is 79.9. The summed E-state index contributed by atoms with van der Waals surface area (Å²) < 4.78 is 1.92. The highest BCUT2D eigenvalue weighted by molar-refractivity contribution is 9.10. The van der Waals surface area contributed by atoms with Crippen LogP contribution in [0.3, 0.4) is 0 Å². The summed E-state index contributed by atoms with van der Waals surface area (Å²) in [4.78, 5) is 16.1. The summed E-state index contributed by atoms with van der Waals surface area (Å²) in [5.41, 5.74) is 0.944. The predicted molar refractivity (Wildman–Crippen MR) is 84.2 cm³/mol. The third kappa shape index (κ3) is 2.88. The largest absolute Gasteiger partial charge is 0.494 e. The molecular formula is C15H12BrN3O2. The Hall–Kier alpha value is -2.39. The van der Waals surface area contributed by atoms with E-state index in [2.05, 4.69) is 20.9 Å². The van der Waals surface area contributed by atoms with Crippen LogP contribution in [-0.4, -0.2) is 15.9 Å². The molecule has 0 aliphatic heterocycles. The molecule has 0 amide bonds. The van der Waals surface area contributed by atoms with Gasteiger partial charge < -0.3 is 5.11 Å². The molecule has 0 saturated heterocycles. The Morgan fingerprint density at radius 1 is 1.48 bits per heavy atom. The van der Waals surface area contributed by atoms with Gasteiger partial charge in [-0.2, -0.15) is 5.26 Å². The number of pyridine rings is 1. The number of nitrogens with zero attached hydrogens (tertiary/aromatic N) is 3. The molecule has 5 nitrogen and oxygen atoms in total. The molecule has 0 unspecified atom stereocenters. The molecule has 2 aromatic rings. The number of hydrogen-bond donors (Lipinski definition) is 1. The highest BCUT2D eigenvalue weighted by Gasteiger charge is 2.15. The zero-order chi connectivity index (χ0) is 15.6. The second-order valence-electron chi connectivity index (χ2n) is 4.45. The van der Waals surface area contributed by atoms with Gasteiger partial charge >= 0.3 is 0 Å². The fraction of sp³-hybridized carbons (Fsp3) is 0.133. The molecule has 0 aliphatic carbocycles. The summed E-state index contributed by atoms with van der Waals surface area (Å²) in [6.45, 7) is 1.61. The molecule has 106 valence electrons. The zero-order valence-electron chi connectivity index (χ0n) is 11.5. The first-order chi connectivity index (χ1) is 9.95. The molecule has 0 aliphatic rings. The summed E-state index contributed by atoms with van der Waals surface area (Å²) in [7, 11) is 1.41. The fourth-order valence-corrected chi connectivity index (χ4v) is 2.28. The van der Waals surface area contributed by atoms with Crippen LogP contribution in [0.25, 0.3) is 0 Å². The molecule has 6 heteroatoms. The van der Waals surface area contributed by atoms with E-state index in [-0.39, 0.29) is 11.4 Å². The summed E-state index contributed by atoms with van der Waals surface area (Å²) in [5.74, 6) is -0.213. The van der Waals surface area contributed by atoms with Crippen molar-refractivity contribution in [1.29, 1.82) is 5.26 Å². The molecular weight excluding hydrogens is 334 g/mol. The number of nitriles is 1. The minimum atomic E-state index is -0.521. The monoisotopic (exact) mass is 345 g/mol. The van der Waals surface area contributed by atoms with E-state index < -0.39 is 5.56 Å². The van der Waals surface area contributed by atoms with Gasteiger partial charge in [0.15, 0.2) is 0 Å². The van der Waals surface area contributed by atoms with Crippen molar-refractivity contribution < 1.29 is 5.11 Å². The summed E-state index contributed by atoms with van der Waals surface area (Å²) >= 11 is 3.35. The van der Waals surface area contributed by atoms with Crippen molar-refractivity contribution in [2.75, 3.05) is 0 Å². The van der Waals surface area contributed by atoms with Crippen LogP contribution >= 0.6 is 15.9 Å². The molecule has 21 heavy (non-hydrogen) atoms. The smallest absolute Gasteiger partial charge is 0.271 e. The average Bonchev–Trinajstić information content (AvgIpc) is 2.46. The summed E-state index contributed by atoms with van der Waals surface area (Å²) in [5, 5.41) is 19.1. The van der Waals surface area contributed by atoms with Gasteiger partial charge in [-0.15, -0.1) is 0 Å². The lowest BCUT2D eigenvalue weighted by atomic mass is 10.1. The second-order valence-corrected chi connectivity index (χ2v) is 5.37. The maximum absolute atomic E-state index is 11.8. The maximum Gasteiger partial charge on any atom is 0.271 e. The molecule has 1 aromatic carbocycles. The number of aromatic hydroxyl groups is 1. The van der Waals surface area contributed by atoms with Crippen LogP contribution in [0.1, 0.15) is 16.7 Å². The molecule has 0 atom stereocenters. The molecule has 2 rings (SSSR count). The molecule has 1 N–H and O–H groups in total. The van der Waals surface area contributed by atoms with Gasteiger partial charge in [0, 0.05) is 17.7 Å². The molecule has 0 fully saturated rings. The molecule has 0 radical (unpaired) electrons. The molecule has 0 spiro atoms. The predicted octanol–water partition coefficient (Wildman–Crippen LogP) is 2.78. The minimum absolute atomic E-state index is 0.00555. The van der Waals surface area contributed by atoms with Crippen LogP contribution in [0.2, 0.25) is 0 Å². The second kappa shape index (κ2) is 5.94. The van der Waals surface area contributed by atoms with Crippen molar-refractivity contribution in [2.45, 2.75) is 6.92 Å². The number of halogens is 1. The van der Waals surface area contributed by atoms with E-state index >= 15 is 0 Å². The Balaban J connectivity index is 2.58. The average molecular weight is 346 g/mol. The van der Waals surface area contributed by atoms with Gasteiger partial charge in [-0.05, 0) is 30.7 Å². The Kier molecular flexibility index (Phi) is 4.24. The van der Waals surface area contributed by atoms with Gasteiger partial charge in [0.1, 0.15) is 11.6 Å². The van der Waals surface area contributed by atoms with E-state index in [0.717, 1.165) is 9.04 Å². The van der Waals surface area contributed by atoms with E-state index in [1.807, 2.05) is 24.3 Å². The van der Waals surface area contributed by atoms with Crippen LogP contribution in [0.5, 0.6) is 5.88 Å². The zero-order valence-corrected chi connectivity index (χ0v) is 13.0. The number of hydrogen-bond acceptors (Lipinski definition) is 4. The molecule has 0 saturated carbocycles.